The minimum atomic E-state index is -0.839. The maximum absolute atomic E-state index is 13.4. The largest absolute Gasteiger partial charge is 0.353 e. The van der Waals surface area contributed by atoms with Crippen molar-refractivity contribution in [3.8, 4) is 0 Å². The number of para-hydroxylation sites is 1. The van der Waals surface area contributed by atoms with E-state index >= 15 is 0 Å². The maximum atomic E-state index is 13.4. The topological polar surface area (TPSA) is 103 Å². The van der Waals surface area contributed by atoms with Gasteiger partial charge in [0.1, 0.15) is 17.7 Å². The van der Waals surface area contributed by atoms with Crippen molar-refractivity contribution in [2.45, 2.75) is 50.6 Å². The smallest absolute Gasteiger partial charge is 0.259 e. The molecule has 3 amide bonds. The molecular weight excluding hydrogens is 481 g/mol. The predicted molar refractivity (Wildman–Crippen MR) is 138 cm³/mol. The highest BCUT2D eigenvalue weighted by Gasteiger charge is 2.42. The second kappa shape index (κ2) is 10.6. The lowest BCUT2D eigenvalue weighted by molar-refractivity contribution is -0.129. The van der Waals surface area contributed by atoms with Crippen molar-refractivity contribution in [3.05, 3.63) is 59.9 Å². The second-order valence-corrected chi connectivity index (χ2v) is 9.95. The van der Waals surface area contributed by atoms with Crippen LogP contribution in [0.4, 0.5) is 15.8 Å². The highest BCUT2D eigenvalue weighted by Crippen LogP contribution is 2.34. The molecule has 0 radical (unpaired) electrons. The Bertz CT molecular complexity index is 1240. The zero-order chi connectivity index (χ0) is 25.1. The SMILES string of the molecule is O=C(CSC1=Nc2ccccc2C2=N[C@H](CC(=O)NC3CCCCC3)C(=O)N12)Nc1ccc(F)cc1. The molecule has 1 aliphatic carbocycles. The lowest BCUT2D eigenvalue weighted by atomic mass is 9.95. The van der Waals surface area contributed by atoms with Crippen LogP contribution in [0.15, 0.2) is 58.5 Å². The molecule has 0 aromatic heterocycles. The average molecular weight is 508 g/mol. The number of rotatable bonds is 6. The first-order chi connectivity index (χ1) is 17.5. The van der Waals surface area contributed by atoms with Gasteiger partial charge in [0.25, 0.3) is 5.91 Å². The number of carbonyl (C=O) groups is 3. The molecule has 0 saturated heterocycles. The molecule has 186 valence electrons. The van der Waals surface area contributed by atoms with Gasteiger partial charge in [-0.3, -0.25) is 19.4 Å². The van der Waals surface area contributed by atoms with Gasteiger partial charge < -0.3 is 10.6 Å². The number of hydrogen-bond acceptors (Lipinski definition) is 6. The lowest BCUT2D eigenvalue weighted by Crippen LogP contribution is -2.43. The summed E-state index contributed by atoms with van der Waals surface area (Å²) in [7, 11) is 0. The lowest BCUT2D eigenvalue weighted by Gasteiger charge is -2.25. The Hall–Kier alpha value is -3.53. The van der Waals surface area contributed by atoms with Crippen LogP contribution in [0.25, 0.3) is 0 Å². The Morgan fingerprint density at radius 1 is 1.03 bits per heavy atom. The van der Waals surface area contributed by atoms with Gasteiger partial charge in [-0.15, -0.1) is 0 Å². The molecule has 0 unspecified atom stereocenters. The number of amides is 3. The fourth-order valence-electron chi connectivity index (χ4n) is 4.60. The van der Waals surface area contributed by atoms with Crippen molar-refractivity contribution in [2.24, 2.45) is 9.98 Å². The first-order valence-corrected chi connectivity index (χ1v) is 13.0. The van der Waals surface area contributed by atoms with E-state index in [2.05, 4.69) is 20.6 Å². The number of nitrogens with zero attached hydrogens (tertiary/aromatic N) is 3. The molecular formula is C26H26FN5O3S. The molecule has 2 aromatic rings. The summed E-state index contributed by atoms with van der Waals surface area (Å²) in [5.74, 6) is -0.781. The monoisotopic (exact) mass is 507 g/mol. The molecule has 0 bridgehead atoms. The molecule has 36 heavy (non-hydrogen) atoms. The Labute approximate surface area is 212 Å². The van der Waals surface area contributed by atoms with Gasteiger partial charge in [-0.1, -0.05) is 43.2 Å². The van der Waals surface area contributed by atoms with E-state index in [0.717, 1.165) is 37.4 Å². The minimum absolute atomic E-state index is 0.0116. The molecule has 1 fully saturated rings. The van der Waals surface area contributed by atoms with Crippen LogP contribution in [0.5, 0.6) is 0 Å². The minimum Gasteiger partial charge on any atom is -0.353 e. The van der Waals surface area contributed by atoms with E-state index in [4.69, 9.17) is 0 Å². The molecule has 5 rings (SSSR count). The van der Waals surface area contributed by atoms with Crippen LogP contribution in [-0.4, -0.2) is 51.5 Å². The van der Waals surface area contributed by atoms with Crippen molar-refractivity contribution < 1.29 is 18.8 Å². The van der Waals surface area contributed by atoms with E-state index in [-0.39, 0.29) is 41.8 Å². The van der Waals surface area contributed by atoms with E-state index in [0.29, 0.717) is 27.9 Å². The fraction of sp³-hybridized carbons (Fsp3) is 0.346. The number of carbonyl (C=O) groups excluding carboxylic acids is 3. The summed E-state index contributed by atoms with van der Waals surface area (Å²) in [5, 5.41) is 6.09. The van der Waals surface area contributed by atoms with Crippen molar-refractivity contribution in [2.75, 3.05) is 11.1 Å². The number of hydrogen-bond donors (Lipinski definition) is 2. The number of nitrogens with one attached hydrogen (secondary N) is 2. The Balaban J connectivity index is 1.29. The number of amidine groups is 2. The first-order valence-electron chi connectivity index (χ1n) is 12.1. The summed E-state index contributed by atoms with van der Waals surface area (Å²) < 4.78 is 13.1. The van der Waals surface area contributed by atoms with Crippen LogP contribution in [0.3, 0.4) is 0 Å². The third-order valence-corrected chi connectivity index (χ3v) is 7.30. The summed E-state index contributed by atoms with van der Waals surface area (Å²) in [5.41, 5.74) is 1.83. The van der Waals surface area contributed by atoms with E-state index in [9.17, 15) is 18.8 Å². The summed E-state index contributed by atoms with van der Waals surface area (Å²) in [6.45, 7) is 0. The predicted octanol–water partition coefficient (Wildman–Crippen LogP) is 4.00. The first kappa shape index (κ1) is 24.2. The Kier molecular flexibility index (Phi) is 7.13. The van der Waals surface area contributed by atoms with Gasteiger partial charge in [0, 0.05) is 17.3 Å². The van der Waals surface area contributed by atoms with Gasteiger partial charge in [-0.05, 0) is 49.2 Å². The summed E-state index contributed by atoms with van der Waals surface area (Å²) in [4.78, 5) is 49.2. The van der Waals surface area contributed by atoms with E-state index < -0.39 is 6.04 Å². The number of fused-ring (bicyclic) bond motifs is 3. The van der Waals surface area contributed by atoms with Crippen LogP contribution in [-0.2, 0) is 14.4 Å². The third-order valence-electron chi connectivity index (χ3n) is 6.36. The molecule has 2 aromatic carbocycles. The van der Waals surface area contributed by atoms with Crippen molar-refractivity contribution in [1.82, 2.24) is 10.2 Å². The highest BCUT2D eigenvalue weighted by atomic mass is 32.2. The molecule has 1 saturated carbocycles. The molecule has 3 aliphatic rings. The van der Waals surface area contributed by atoms with Gasteiger partial charge >= 0.3 is 0 Å². The molecule has 2 aliphatic heterocycles. The second-order valence-electron chi connectivity index (χ2n) is 9.00. The van der Waals surface area contributed by atoms with E-state index in [1.54, 1.807) is 0 Å². The average Bonchev–Trinajstić information content (AvgIpc) is 3.20. The zero-order valence-electron chi connectivity index (χ0n) is 19.6. The number of benzene rings is 2. The van der Waals surface area contributed by atoms with Crippen LogP contribution >= 0.6 is 11.8 Å². The van der Waals surface area contributed by atoms with E-state index in [1.807, 2.05) is 24.3 Å². The number of thioether (sulfide) groups is 1. The maximum Gasteiger partial charge on any atom is 0.259 e. The molecule has 10 heteroatoms. The van der Waals surface area contributed by atoms with Crippen molar-refractivity contribution >= 4 is 51.9 Å². The highest BCUT2D eigenvalue weighted by molar-refractivity contribution is 8.14. The normalized spacial score (nSPS) is 19.2. The van der Waals surface area contributed by atoms with Gasteiger partial charge in [0.2, 0.25) is 11.8 Å². The third kappa shape index (κ3) is 5.33. The van der Waals surface area contributed by atoms with E-state index in [1.165, 1.54) is 35.6 Å². The molecule has 2 N–H and O–H groups in total. The molecule has 8 nitrogen and oxygen atoms in total. The van der Waals surface area contributed by atoms with Crippen molar-refractivity contribution in [1.29, 1.82) is 0 Å². The number of anilines is 1. The molecule has 1 atom stereocenters. The van der Waals surface area contributed by atoms with Gasteiger partial charge in [-0.25, -0.2) is 14.3 Å². The Morgan fingerprint density at radius 2 is 1.78 bits per heavy atom. The molecule has 0 spiro atoms. The fourth-order valence-corrected chi connectivity index (χ4v) is 5.40. The number of halogens is 1. The van der Waals surface area contributed by atoms with Crippen LogP contribution in [0, 0.1) is 5.82 Å². The summed E-state index contributed by atoms with van der Waals surface area (Å²) >= 11 is 1.11. The number of aliphatic imine (C=N–C) groups is 2. The van der Waals surface area contributed by atoms with Gasteiger partial charge in [0.15, 0.2) is 5.17 Å². The van der Waals surface area contributed by atoms with Gasteiger partial charge in [-0.2, -0.15) is 0 Å². The quantitative estimate of drug-likeness (QED) is 0.617. The summed E-state index contributed by atoms with van der Waals surface area (Å²) in [6.07, 6.45) is 5.30. The van der Waals surface area contributed by atoms with Crippen LogP contribution in [0.2, 0.25) is 0 Å². The zero-order valence-corrected chi connectivity index (χ0v) is 20.4. The summed E-state index contributed by atoms with van der Waals surface area (Å²) in [6, 6.07) is 12.1. The van der Waals surface area contributed by atoms with Crippen LogP contribution in [0.1, 0.15) is 44.1 Å². The Morgan fingerprint density at radius 3 is 2.56 bits per heavy atom. The molecule has 2 heterocycles. The van der Waals surface area contributed by atoms with Crippen molar-refractivity contribution in [3.63, 3.8) is 0 Å². The van der Waals surface area contributed by atoms with Gasteiger partial charge in [0.05, 0.1) is 17.9 Å². The van der Waals surface area contributed by atoms with Crippen LogP contribution < -0.4 is 10.6 Å². The standard InChI is InChI=1S/C26H26FN5O3S/c27-16-10-12-18(13-11-16)29-23(34)15-36-26-31-20-9-5-4-8-19(20)24-30-21(25(35)32(24)26)14-22(33)28-17-6-2-1-3-7-17/h4-5,8-13,17,21H,1-3,6-7,14-15H2,(H,28,33)(H,29,34)/t21-/m1/s1.